The number of carbonyl (C=O) groups excluding carboxylic acids is 1. The zero-order chi connectivity index (χ0) is 32.8. The fourth-order valence-electron chi connectivity index (χ4n) is 5.82. The van der Waals surface area contributed by atoms with Crippen molar-refractivity contribution in [3.63, 3.8) is 0 Å². The summed E-state index contributed by atoms with van der Waals surface area (Å²) < 4.78 is 56.9. The van der Waals surface area contributed by atoms with Crippen molar-refractivity contribution < 1.29 is 46.8 Å². The van der Waals surface area contributed by atoms with Crippen molar-refractivity contribution >= 4 is 27.6 Å². The smallest absolute Gasteiger partial charge is 0.341 e. The minimum atomic E-state index is -4.10. The van der Waals surface area contributed by atoms with Gasteiger partial charge >= 0.3 is 11.9 Å². The van der Waals surface area contributed by atoms with Crippen LogP contribution in [-0.2, 0) is 37.2 Å². The van der Waals surface area contributed by atoms with Gasteiger partial charge in [-0.3, -0.25) is 4.79 Å². The Hall–Kier alpha value is -4.49. The number of benzene rings is 3. The summed E-state index contributed by atoms with van der Waals surface area (Å²) in [5, 5.41) is 9.06. The van der Waals surface area contributed by atoms with E-state index in [1.807, 2.05) is 12.1 Å². The van der Waals surface area contributed by atoms with Crippen LogP contribution in [0, 0.1) is 0 Å². The molecule has 0 spiro atoms. The summed E-state index contributed by atoms with van der Waals surface area (Å²) in [5.41, 5.74) is 8.57. The van der Waals surface area contributed by atoms with Crippen LogP contribution < -0.4 is 24.7 Å². The summed E-state index contributed by atoms with van der Waals surface area (Å²) in [7, 11) is -1.00. The third kappa shape index (κ3) is 7.31. The maximum absolute atomic E-state index is 13.9. The number of aliphatic carboxylic acids is 1. The Labute approximate surface area is 268 Å². The number of carboxylic acids is 1. The van der Waals surface area contributed by atoms with E-state index in [4.69, 9.17) is 34.5 Å². The van der Waals surface area contributed by atoms with Gasteiger partial charge in [-0.05, 0) is 79.6 Å². The number of anilines is 1. The van der Waals surface area contributed by atoms with Crippen LogP contribution in [0.2, 0.25) is 0 Å². The van der Waals surface area contributed by atoms with E-state index < -0.39 is 40.7 Å². The quantitative estimate of drug-likeness (QED) is 0.201. The fraction of sp³-hybridized carbons (Fsp3) is 0.394. The first-order valence-corrected chi connectivity index (χ1v) is 16.5. The third-order valence-electron chi connectivity index (χ3n) is 8.11. The van der Waals surface area contributed by atoms with Crippen molar-refractivity contribution in [2.75, 3.05) is 39.7 Å². The lowest BCUT2D eigenvalue weighted by atomic mass is 10.00. The lowest BCUT2D eigenvalue weighted by Crippen LogP contribution is -2.48. The van der Waals surface area contributed by atoms with Gasteiger partial charge in [0.25, 0.3) is 0 Å². The summed E-state index contributed by atoms with van der Waals surface area (Å²) >= 11 is 0. The molecule has 0 radical (unpaired) electrons. The average Bonchev–Trinajstić information content (AvgIpc) is 3.55. The summed E-state index contributed by atoms with van der Waals surface area (Å²) in [4.78, 5) is 25.0. The van der Waals surface area contributed by atoms with Gasteiger partial charge in [0.2, 0.25) is 10.0 Å². The number of rotatable bonds is 13. The molecule has 0 amide bonds. The molecule has 0 unspecified atom stereocenters. The van der Waals surface area contributed by atoms with E-state index in [0.29, 0.717) is 73.7 Å². The van der Waals surface area contributed by atoms with E-state index in [1.165, 1.54) is 10.4 Å². The molecule has 3 aromatic rings. The number of aryl methyl sites for hydroxylation is 1. The number of hydrogen-bond acceptors (Lipinski definition) is 10. The molecule has 12 nitrogen and oxygen atoms in total. The lowest BCUT2D eigenvalue weighted by molar-refractivity contribution is -0.155. The number of hydrogen-bond donors (Lipinski definition) is 2. The Bertz CT molecular complexity index is 1690. The zero-order valence-electron chi connectivity index (χ0n) is 25.8. The van der Waals surface area contributed by atoms with Crippen LogP contribution >= 0.6 is 0 Å². The first-order chi connectivity index (χ1) is 22.1. The fourth-order valence-corrected chi connectivity index (χ4v) is 7.55. The van der Waals surface area contributed by atoms with Gasteiger partial charge < -0.3 is 34.5 Å². The molecule has 246 valence electrons. The Kier molecular flexibility index (Phi) is 10.2. The van der Waals surface area contributed by atoms with Gasteiger partial charge in [0.15, 0.2) is 18.1 Å². The molecule has 3 N–H and O–H groups in total. The van der Waals surface area contributed by atoms with Crippen LogP contribution in [0.15, 0.2) is 59.5 Å². The SMILES string of the molecule is COc1ccc(CC[C@@H](OC(=O)[C@H]2CCCCN2S(=O)(=O)c2cc(N)c3c(c2)CCO3)c2cccc(OCC(=O)O)c2)cc1OC. The van der Waals surface area contributed by atoms with Gasteiger partial charge in [-0.2, -0.15) is 4.31 Å². The number of fused-ring (bicyclic) bond motifs is 1. The maximum atomic E-state index is 13.9. The van der Waals surface area contributed by atoms with Gasteiger partial charge in [0.1, 0.15) is 23.6 Å². The van der Waals surface area contributed by atoms with E-state index in [2.05, 4.69) is 0 Å². The molecule has 5 rings (SSSR count). The molecular weight excluding hydrogens is 616 g/mol. The predicted molar refractivity (Wildman–Crippen MR) is 168 cm³/mol. The van der Waals surface area contributed by atoms with Crippen molar-refractivity contribution in [2.24, 2.45) is 0 Å². The van der Waals surface area contributed by atoms with E-state index in [-0.39, 0.29) is 17.1 Å². The van der Waals surface area contributed by atoms with E-state index in [1.54, 1.807) is 50.6 Å². The number of piperidine rings is 1. The van der Waals surface area contributed by atoms with E-state index in [0.717, 1.165) is 11.1 Å². The Morgan fingerprint density at radius 2 is 1.87 bits per heavy atom. The average molecular weight is 655 g/mol. The number of ether oxygens (including phenoxy) is 5. The maximum Gasteiger partial charge on any atom is 0.341 e. The Morgan fingerprint density at radius 3 is 2.63 bits per heavy atom. The highest BCUT2D eigenvalue weighted by Crippen LogP contribution is 2.37. The summed E-state index contributed by atoms with van der Waals surface area (Å²) in [6.45, 7) is 0.0487. The van der Waals surface area contributed by atoms with Crippen molar-refractivity contribution in [1.82, 2.24) is 4.31 Å². The number of carboxylic acid groups (broad SMARTS) is 1. The minimum absolute atomic E-state index is 0.0160. The molecule has 2 atom stereocenters. The molecule has 1 fully saturated rings. The third-order valence-corrected chi connectivity index (χ3v) is 10.00. The molecule has 0 aromatic heterocycles. The highest BCUT2D eigenvalue weighted by atomic mass is 32.2. The van der Waals surface area contributed by atoms with Gasteiger partial charge in [0, 0.05) is 18.5 Å². The lowest BCUT2D eigenvalue weighted by Gasteiger charge is -2.34. The molecule has 0 aliphatic carbocycles. The molecule has 0 bridgehead atoms. The van der Waals surface area contributed by atoms with Crippen molar-refractivity contribution in [3.05, 3.63) is 71.3 Å². The molecule has 3 aromatic carbocycles. The molecule has 2 heterocycles. The predicted octanol–water partition coefficient (Wildman–Crippen LogP) is 4.14. The highest BCUT2D eigenvalue weighted by Gasteiger charge is 2.40. The van der Waals surface area contributed by atoms with Gasteiger partial charge in [-0.15, -0.1) is 0 Å². The van der Waals surface area contributed by atoms with Crippen molar-refractivity contribution in [2.45, 2.75) is 55.6 Å². The van der Waals surface area contributed by atoms with Crippen LogP contribution in [0.4, 0.5) is 5.69 Å². The van der Waals surface area contributed by atoms with Gasteiger partial charge in [-0.25, -0.2) is 13.2 Å². The molecule has 2 aliphatic heterocycles. The Balaban J connectivity index is 1.41. The zero-order valence-corrected chi connectivity index (χ0v) is 26.6. The number of carbonyl (C=O) groups is 2. The summed E-state index contributed by atoms with van der Waals surface area (Å²) in [6.07, 6.45) is 2.11. The second-order valence-electron chi connectivity index (χ2n) is 11.1. The molecule has 46 heavy (non-hydrogen) atoms. The van der Waals surface area contributed by atoms with Crippen LogP contribution in [0.5, 0.6) is 23.0 Å². The normalized spacial score (nSPS) is 17.0. The summed E-state index contributed by atoms with van der Waals surface area (Å²) in [5.74, 6) is 0.133. The number of esters is 1. The summed E-state index contributed by atoms with van der Waals surface area (Å²) in [6, 6.07) is 14.1. The molecule has 0 saturated carbocycles. The molecule has 2 aliphatic rings. The van der Waals surface area contributed by atoms with E-state index in [9.17, 15) is 18.0 Å². The van der Waals surface area contributed by atoms with Crippen molar-refractivity contribution in [3.8, 4) is 23.0 Å². The number of nitrogens with zero attached hydrogens (tertiary/aromatic N) is 1. The monoisotopic (exact) mass is 654 g/mol. The number of sulfonamides is 1. The van der Waals surface area contributed by atoms with Crippen LogP contribution in [-0.4, -0.2) is 69.8 Å². The topological polar surface area (TPSA) is 164 Å². The molecule has 13 heteroatoms. The number of nitrogen functional groups attached to an aromatic ring is 1. The first kappa shape index (κ1) is 32.9. The number of methoxy groups -OCH3 is 2. The van der Waals surface area contributed by atoms with Crippen molar-refractivity contribution in [1.29, 1.82) is 0 Å². The van der Waals surface area contributed by atoms with Gasteiger partial charge in [-0.1, -0.05) is 18.2 Å². The largest absolute Gasteiger partial charge is 0.493 e. The molecular formula is C33H38N2O10S. The van der Waals surface area contributed by atoms with Gasteiger partial charge in [0.05, 0.1) is 31.4 Å². The second kappa shape index (κ2) is 14.3. The Morgan fingerprint density at radius 1 is 1.07 bits per heavy atom. The van der Waals surface area contributed by atoms with Crippen LogP contribution in [0.1, 0.15) is 48.5 Å². The van der Waals surface area contributed by atoms with E-state index >= 15 is 0 Å². The first-order valence-electron chi connectivity index (χ1n) is 15.0. The van der Waals surface area contributed by atoms with Crippen LogP contribution in [0.3, 0.4) is 0 Å². The standard InChI is InChI=1S/C33H38N2O10S/c1-41-29-12-10-21(16-30(29)42-2)9-11-28(22-6-5-7-24(17-22)44-20-31(36)37)45-33(38)27-8-3-4-14-35(27)46(39,40)25-18-23-13-15-43-32(23)26(34)19-25/h5-7,10,12,16-19,27-28H,3-4,8-9,11,13-15,20,34H2,1-2H3,(H,36,37)/t27-,28-/m1/s1. The second-order valence-corrected chi connectivity index (χ2v) is 13.0. The highest BCUT2D eigenvalue weighted by molar-refractivity contribution is 7.89. The number of nitrogens with two attached hydrogens (primary N) is 1. The minimum Gasteiger partial charge on any atom is -0.493 e. The van der Waals surface area contributed by atoms with Crippen LogP contribution in [0.25, 0.3) is 0 Å². The molecule has 1 saturated heterocycles.